The van der Waals surface area contributed by atoms with E-state index in [4.69, 9.17) is 16.3 Å². The van der Waals surface area contributed by atoms with Crippen molar-refractivity contribution in [1.82, 2.24) is 25.1 Å². The largest absolute Gasteiger partial charge is 0.439 e. The van der Waals surface area contributed by atoms with Crippen LogP contribution < -0.4 is 4.74 Å². The smallest absolute Gasteiger partial charge is 0.223 e. The molecule has 2 aromatic carbocycles. The number of H-pyrrole nitrogens is 1. The SMILES string of the molecule is CSc1nc(C)cc(Oc2ccc(Cc3nnc(-c4cccc(Cl)c4)[nH]3)cc2)n1. The zero-order valence-electron chi connectivity index (χ0n) is 15.9. The summed E-state index contributed by atoms with van der Waals surface area (Å²) >= 11 is 7.53. The lowest BCUT2D eigenvalue weighted by atomic mass is 10.1. The normalized spacial score (nSPS) is 10.9. The van der Waals surface area contributed by atoms with Gasteiger partial charge in [0.2, 0.25) is 5.88 Å². The molecule has 8 heteroatoms. The summed E-state index contributed by atoms with van der Waals surface area (Å²) in [6, 6.07) is 17.2. The van der Waals surface area contributed by atoms with Crippen LogP contribution in [0.5, 0.6) is 11.6 Å². The van der Waals surface area contributed by atoms with Crippen LogP contribution >= 0.6 is 23.4 Å². The minimum atomic E-state index is 0.538. The van der Waals surface area contributed by atoms with E-state index in [-0.39, 0.29) is 0 Å². The Kier molecular flexibility index (Phi) is 5.78. The molecule has 4 rings (SSSR count). The standard InChI is InChI=1S/C21H18ClN5OS/c1-13-10-19(25-21(23-13)29-2)28-17-8-6-14(7-9-17)11-18-24-20(27-26-18)15-4-3-5-16(22)12-15/h3-10,12H,11H2,1-2H3,(H,24,26,27). The molecule has 6 nitrogen and oxygen atoms in total. The van der Waals surface area contributed by atoms with Crippen LogP contribution in [0.3, 0.4) is 0 Å². The number of aromatic nitrogens is 5. The highest BCUT2D eigenvalue weighted by molar-refractivity contribution is 7.98. The molecule has 0 radical (unpaired) electrons. The van der Waals surface area contributed by atoms with Gasteiger partial charge in [0.15, 0.2) is 11.0 Å². The monoisotopic (exact) mass is 423 g/mol. The van der Waals surface area contributed by atoms with E-state index in [1.165, 1.54) is 11.8 Å². The Morgan fingerprint density at radius 1 is 1.03 bits per heavy atom. The fourth-order valence-corrected chi connectivity index (χ4v) is 3.40. The van der Waals surface area contributed by atoms with Crippen LogP contribution in [0.25, 0.3) is 11.4 Å². The first-order valence-corrected chi connectivity index (χ1v) is 10.5. The fraction of sp³-hybridized carbons (Fsp3) is 0.143. The van der Waals surface area contributed by atoms with Crippen LogP contribution in [-0.2, 0) is 6.42 Å². The van der Waals surface area contributed by atoms with Gasteiger partial charge in [0.05, 0.1) is 0 Å². The van der Waals surface area contributed by atoms with Crippen molar-refractivity contribution in [1.29, 1.82) is 0 Å². The molecule has 1 N–H and O–H groups in total. The van der Waals surface area contributed by atoms with E-state index in [0.717, 1.165) is 28.4 Å². The van der Waals surface area contributed by atoms with Crippen molar-refractivity contribution in [3.05, 3.63) is 76.7 Å². The number of thioether (sulfide) groups is 1. The highest BCUT2D eigenvalue weighted by Crippen LogP contribution is 2.24. The molecule has 0 aliphatic rings. The number of hydrogen-bond acceptors (Lipinski definition) is 6. The van der Waals surface area contributed by atoms with Crippen LogP contribution in [0, 0.1) is 6.92 Å². The second kappa shape index (κ2) is 8.63. The molecule has 0 bridgehead atoms. The van der Waals surface area contributed by atoms with Crippen molar-refractivity contribution in [3.8, 4) is 23.0 Å². The van der Waals surface area contributed by atoms with Crippen molar-refractivity contribution in [2.75, 3.05) is 6.26 Å². The predicted molar refractivity (Wildman–Crippen MR) is 115 cm³/mol. The first-order valence-electron chi connectivity index (χ1n) is 8.93. The lowest BCUT2D eigenvalue weighted by Crippen LogP contribution is -1.95. The minimum absolute atomic E-state index is 0.538. The van der Waals surface area contributed by atoms with Gasteiger partial charge in [-0.15, -0.1) is 10.2 Å². The number of rotatable bonds is 6. The Labute approximate surface area is 177 Å². The van der Waals surface area contributed by atoms with E-state index in [9.17, 15) is 0 Å². The Hall–Kier alpha value is -2.90. The van der Waals surface area contributed by atoms with E-state index in [1.807, 2.05) is 67.8 Å². The van der Waals surface area contributed by atoms with Gasteiger partial charge >= 0.3 is 0 Å². The summed E-state index contributed by atoms with van der Waals surface area (Å²) in [5, 5.41) is 9.81. The number of halogens is 1. The molecule has 0 unspecified atom stereocenters. The van der Waals surface area contributed by atoms with Crippen molar-refractivity contribution < 1.29 is 4.74 Å². The molecule has 0 fully saturated rings. The Morgan fingerprint density at radius 3 is 2.62 bits per heavy atom. The van der Waals surface area contributed by atoms with Crippen molar-refractivity contribution >= 4 is 23.4 Å². The first-order chi connectivity index (χ1) is 14.1. The maximum atomic E-state index is 6.05. The molecular formula is C21H18ClN5OS. The van der Waals surface area contributed by atoms with Crippen LogP contribution in [0.2, 0.25) is 5.02 Å². The van der Waals surface area contributed by atoms with Crippen molar-refractivity contribution in [2.24, 2.45) is 0 Å². The third kappa shape index (κ3) is 4.93. The summed E-state index contributed by atoms with van der Waals surface area (Å²) in [5.41, 5.74) is 2.87. The highest BCUT2D eigenvalue weighted by Gasteiger charge is 2.08. The average molecular weight is 424 g/mol. The molecule has 2 aromatic heterocycles. The number of hydrogen-bond donors (Lipinski definition) is 1. The number of nitrogens with zero attached hydrogens (tertiary/aromatic N) is 4. The van der Waals surface area contributed by atoms with Gasteiger partial charge in [-0.3, -0.25) is 0 Å². The van der Waals surface area contributed by atoms with E-state index in [1.54, 1.807) is 0 Å². The zero-order chi connectivity index (χ0) is 20.2. The molecule has 0 atom stereocenters. The average Bonchev–Trinajstić information content (AvgIpc) is 3.17. The third-order valence-corrected chi connectivity index (χ3v) is 4.92. The second-order valence-electron chi connectivity index (χ2n) is 6.39. The molecule has 146 valence electrons. The number of ether oxygens (including phenoxy) is 1. The van der Waals surface area contributed by atoms with Crippen LogP contribution in [0.1, 0.15) is 17.1 Å². The minimum Gasteiger partial charge on any atom is -0.439 e. The lowest BCUT2D eigenvalue weighted by Gasteiger charge is -2.07. The molecule has 0 amide bonds. The molecule has 0 saturated heterocycles. The molecule has 0 saturated carbocycles. The first kappa shape index (κ1) is 19.4. The zero-order valence-corrected chi connectivity index (χ0v) is 17.5. The Morgan fingerprint density at radius 2 is 1.86 bits per heavy atom. The molecule has 0 spiro atoms. The molecule has 0 aliphatic heterocycles. The lowest BCUT2D eigenvalue weighted by molar-refractivity contribution is 0.454. The summed E-state index contributed by atoms with van der Waals surface area (Å²) in [6.45, 7) is 1.92. The van der Waals surface area contributed by atoms with Crippen molar-refractivity contribution in [2.45, 2.75) is 18.5 Å². The number of benzene rings is 2. The number of aryl methyl sites for hydroxylation is 1. The van der Waals surface area contributed by atoms with Gasteiger partial charge in [-0.1, -0.05) is 47.6 Å². The van der Waals surface area contributed by atoms with Crippen LogP contribution in [-0.4, -0.2) is 31.4 Å². The Bertz CT molecular complexity index is 1130. The summed E-state index contributed by atoms with van der Waals surface area (Å²) in [7, 11) is 0. The maximum Gasteiger partial charge on any atom is 0.223 e. The summed E-state index contributed by atoms with van der Waals surface area (Å²) in [4.78, 5) is 12.0. The van der Waals surface area contributed by atoms with Gasteiger partial charge in [0.25, 0.3) is 0 Å². The molecular weight excluding hydrogens is 406 g/mol. The van der Waals surface area contributed by atoms with Gasteiger partial charge in [-0.25, -0.2) is 4.98 Å². The van der Waals surface area contributed by atoms with Crippen molar-refractivity contribution in [3.63, 3.8) is 0 Å². The van der Waals surface area contributed by atoms with E-state index >= 15 is 0 Å². The van der Waals surface area contributed by atoms with Gasteiger partial charge in [-0.05, 0) is 43.0 Å². The molecule has 2 heterocycles. The third-order valence-electron chi connectivity index (χ3n) is 4.14. The topological polar surface area (TPSA) is 76.6 Å². The summed E-state index contributed by atoms with van der Waals surface area (Å²) in [6.07, 6.45) is 2.58. The predicted octanol–water partition coefficient (Wildman–Crippen LogP) is 5.33. The molecule has 0 aliphatic carbocycles. The molecule has 4 aromatic rings. The van der Waals surface area contributed by atoms with Gasteiger partial charge in [0, 0.05) is 28.8 Å². The van der Waals surface area contributed by atoms with Gasteiger partial charge in [-0.2, -0.15) is 4.98 Å². The van der Waals surface area contributed by atoms with E-state index < -0.39 is 0 Å². The summed E-state index contributed by atoms with van der Waals surface area (Å²) < 4.78 is 5.87. The van der Waals surface area contributed by atoms with Gasteiger partial charge in [0.1, 0.15) is 11.6 Å². The number of aromatic amines is 1. The summed E-state index contributed by atoms with van der Waals surface area (Å²) in [5.74, 6) is 2.74. The van der Waals surface area contributed by atoms with E-state index in [2.05, 4.69) is 25.1 Å². The highest BCUT2D eigenvalue weighted by atomic mass is 35.5. The van der Waals surface area contributed by atoms with Gasteiger partial charge < -0.3 is 9.72 Å². The van der Waals surface area contributed by atoms with Crippen LogP contribution in [0.15, 0.2) is 59.8 Å². The molecule has 29 heavy (non-hydrogen) atoms. The van der Waals surface area contributed by atoms with E-state index in [0.29, 0.717) is 28.3 Å². The fourth-order valence-electron chi connectivity index (χ4n) is 2.79. The Balaban J connectivity index is 1.44. The van der Waals surface area contributed by atoms with Crippen LogP contribution in [0.4, 0.5) is 0 Å². The quantitative estimate of drug-likeness (QED) is 0.333. The maximum absolute atomic E-state index is 6.05. The number of nitrogens with one attached hydrogen (secondary N) is 1. The second-order valence-corrected chi connectivity index (χ2v) is 7.60.